The lowest BCUT2D eigenvalue weighted by Crippen LogP contribution is -2.46. The summed E-state index contributed by atoms with van der Waals surface area (Å²) < 4.78 is 18.6. The van der Waals surface area contributed by atoms with Crippen LogP contribution < -0.4 is 24.4 Å². The number of hydrogen-bond donors (Lipinski definition) is 2. The van der Waals surface area contributed by atoms with Crippen molar-refractivity contribution in [2.45, 2.75) is 30.9 Å². The summed E-state index contributed by atoms with van der Waals surface area (Å²) >= 11 is 0. The third-order valence-electron chi connectivity index (χ3n) is 11.4. The smallest absolute Gasteiger partial charge is 0.178 e. The van der Waals surface area contributed by atoms with Gasteiger partial charge in [-0.15, -0.1) is 0 Å². The molecule has 2 N–H and O–H groups in total. The Bertz CT molecular complexity index is 2350. The van der Waals surface area contributed by atoms with E-state index < -0.39 is 5.60 Å². The Balaban J connectivity index is 1.20. The number of hydrogen-bond acceptors (Lipinski definition) is 6. The van der Waals surface area contributed by atoms with E-state index in [4.69, 9.17) is 14.2 Å². The van der Waals surface area contributed by atoms with Crippen LogP contribution in [0.5, 0.6) is 23.0 Å². The zero-order valence-corrected chi connectivity index (χ0v) is 29.9. The summed E-state index contributed by atoms with van der Waals surface area (Å²) in [6.07, 6.45) is 4.49. The molecule has 2 atom stereocenters. The monoisotopic (exact) mass is 686 g/mol. The summed E-state index contributed by atoms with van der Waals surface area (Å²) in [5.41, 5.74) is 9.13. The van der Waals surface area contributed by atoms with Crippen LogP contribution in [-0.2, 0) is 11.0 Å². The minimum absolute atomic E-state index is 0.108. The predicted molar refractivity (Wildman–Crippen MR) is 209 cm³/mol. The average molecular weight is 687 g/mol. The lowest BCUT2D eigenvalue weighted by atomic mass is 9.76. The van der Waals surface area contributed by atoms with E-state index in [-0.39, 0.29) is 17.2 Å². The highest BCUT2D eigenvalue weighted by Crippen LogP contribution is 2.59. The van der Waals surface area contributed by atoms with Crippen molar-refractivity contribution < 1.29 is 19.3 Å². The molecular weight excluding hydrogens is 645 g/mol. The summed E-state index contributed by atoms with van der Waals surface area (Å²) in [5.74, 6) is 2.16. The number of anilines is 1. The number of fused-ring (bicyclic) bond motifs is 8. The standard InChI is InChI=1S/C46H42N2O4/c1-45(2)38-13-9-8-12-34(38)42-36-26-40(49)41(51-4)27-37(36)44-35(43(42)45)22-23-46(52-44,30-10-6-5-7-11-30)31-16-18-32(19-17-31)48-25-24-47-28-39(48)29-14-20-33(50-3)21-15-29/h5-23,26-27,39,47,49H,24-25,28H2,1-4H3. The second kappa shape index (κ2) is 12.2. The van der Waals surface area contributed by atoms with Gasteiger partial charge in [0.05, 0.1) is 20.3 Å². The van der Waals surface area contributed by atoms with Crippen LogP contribution in [0.15, 0.2) is 121 Å². The van der Waals surface area contributed by atoms with Crippen molar-refractivity contribution in [2.75, 3.05) is 38.8 Å². The largest absolute Gasteiger partial charge is 0.504 e. The Labute approximate surface area is 304 Å². The second-order valence-corrected chi connectivity index (χ2v) is 14.5. The average Bonchev–Trinajstić information content (AvgIpc) is 3.44. The molecule has 2 aliphatic heterocycles. The molecule has 0 amide bonds. The van der Waals surface area contributed by atoms with Gasteiger partial charge in [0.1, 0.15) is 11.5 Å². The normalized spacial score (nSPS) is 19.8. The molecule has 1 aliphatic carbocycles. The molecule has 52 heavy (non-hydrogen) atoms. The number of phenolic OH excluding ortho intramolecular Hbond substituents is 1. The SMILES string of the molecule is COc1ccc(C2CNCCN2c2ccc(C3(c4ccccc4)C=Cc4c5c(c6cc(O)c(OC)cc6c4O3)-c3ccccc3C5(C)C)cc2)cc1. The Morgan fingerprint density at radius 2 is 1.54 bits per heavy atom. The van der Waals surface area contributed by atoms with Crippen molar-refractivity contribution >= 4 is 22.5 Å². The zero-order chi connectivity index (χ0) is 35.6. The quantitative estimate of drug-likeness (QED) is 0.182. The molecule has 0 spiro atoms. The van der Waals surface area contributed by atoms with E-state index in [2.05, 4.69) is 121 Å². The van der Waals surface area contributed by atoms with E-state index in [0.29, 0.717) is 5.75 Å². The van der Waals surface area contributed by atoms with Crippen molar-refractivity contribution in [2.24, 2.45) is 0 Å². The first-order chi connectivity index (χ1) is 25.3. The van der Waals surface area contributed by atoms with Crippen LogP contribution in [0, 0.1) is 0 Å². The Morgan fingerprint density at radius 3 is 2.29 bits per heavy atom. The topological polar surface area (TPSA) is 63.2 Å². The molecule has 0 radical (unpaired) electrons. The molecule has 6 aromatic rings. The van der Waals surface area contributed by atoms with Crippen molar-refractivity contribution in [3.63, 3.8) is 0 Å². The summed E-state index contributed by atoms with van der Waals surface area (Å²) in [4.78, 5) is 2.49. The fourth-order valence-corrected chi connectivity index (χ4v) is 8.83. The Morgan fingerprint density at radius 1 is 0.808 bits per heavy atom. The molecule has 6 aromatic carbocycles. The maximum absolute atomic E-state index is 11.1. The first-order valence-corrected chi connectivity index (χ1v) is 18.0. The number of ether oxygens (including phenoxy) is 3. The van der Waals surface area contributed by atoms with Crippen molar-refractivity contribution in [3.05, 3.63) is 155 Å². The third-order valence-corrected chi connectivity index (χ3v) is 11.4. The minimum atomic E-state index is -0.909. The van der Waals surface area contributed by atoms with Crippen LogP contribution in [0.4, 0.5) is 5.69 Å². The molecule has 6 heteroatoms. The molecule has 3 aliphatic rings. The Kier molecular flexibility index (Phi) is 7.56. The maximum atomic E-state index is 11.1. The number of methoxy groups -OCH3 is 2. The van der Waals surface area contributed by atoms with Gasteiger partial charge >= 0.3 is 0 Å². The number of rotatable bonds is 6. The van der Waals surface area contributed by atoms with E-state index in [1.54, 1.807) is 14.2 Å². The van der Waals surface area contributed by atoms with E-state index in [1.165, 1.54) is 22.3 Å². The molecule has 1 fully saturated rings. The van der Waals surface area contributed by atoms with Crippen molar-refractivity contribution in [3.8, 4) is 34.1 Å². The number of aromatic hydroxyl groups is 1. The highest BCUT2D eigenvalue weighted by atomic mass is 16.5. The van der Waals surface area contributed by atoms with E-state index >= 15 is 0 Å². The van der Waals surface area contributed by atoms with Gasteiger partial charge in [0.15, 0.2) is 17.1 Å². The van der Waals surface area contributed by atoms with Gasteiger partial charge in [-0.3, -0.25) is 0 Å². The summed E-state index contributed by atoms with van der Waals surface area (Å²) in [5, 5.41) is 16.6. The van der Waals surface area contributed by atoms with Crippen LogP contribution in [0.1, 0.15) is 53.3 Å². The summed E-state index contributed by atoms with van der Waals surface area (Å²) in [6.45, 7) is 7.25. The van der Waals surface area contributed by atoms with Crippen molar-refractivity contribution in [1.82, 2.24) is 5.32 Å². The highest BCUT2D eigenvalue weighted by molar-refractivity contribution is 6.09. The summed E-state index contributed by atoms with van der Waals surface area (Å²) in [7, 11) is 3.29. The van der Waals surface area contributed by atoms with Gasteiger partial charge in [-0.1, -0.05) is 98.8 Å². The third kappa shape index (κ3) is 4.81. The van der Waals surface area contributed by atoms with Crippen LogP contribution in [0.2, 0.25) is 0 Å². The minimum Gasteiger partial charge on any atom is -0.504 e. The van der Waals surface area contributed by atoms with Gasteiger partial charge in [0.2, 0.25) is 0 Å². The number of piperazine rings is 1. The van der Waals surface area contributed by atoms with Gasteiger partial charge in [-0.05, 0) is 75.7 Å². The van der Waals surface area contributed by atoms with Gasteiger partial charge in [-0.2, -0.15) is 0 Å². The van der Waals surface area contributed by atoms with Gasteiger partial charge < -0.3 is 29.5 Å². The van der Waals surface area contributed by atoms with Crippen LogP contribution in [-0.4, -0.2) is 39.0 Å². The van der Waals surface area contributed by atoms with Gasteiger partial charge in [0.25, 0.3) is 0 Å². The molecule has 0 aromatic heterocycles. The van der Waals surface area contributed by atoms with Crippen LogP contribution in [0.25, 0.3) is 28.0 Å². The molecule has 9 rings (SSSR count). The predicted octanol–water partition coefficient (Wildman–Crippen LogP) is 9.37. The van der Waals surface area contributed by atoms with Crippen molar-refractivity contribution in [1.29, 1.82) is 0 Å². The van der Waals surface area contributed by atoms with Gasteiger partial charge in [-0.25, -0.2) is 0 Å². The molecular formula is C46H42N2O4. The first-order valence-electron chi connectivity index (χ1n) is 18.0. The van der Waals surface area contributed by atoms with E-state index in [9.17, 15) is 5.11 Å². The second-order valence-electron chi connectivity index (χ2n) is 14.5. The molecule has 1 saturated heterocycles. The first kappa shape index (κ1) is 32.2. The number of benzene rings is 6. The zero-order valence-electron chi connectivity index (χ0n) is 29.9. The molecule has 2 heterocycles. The molecule has 0 bridgehead atoms. The van der Waals surface area contributed by atoms with Crippen LogP contribution in [0.3, 0.4) is 0 Å². The highest BCUT2D eigenvalue weighted by Gasteiger charge is 2.44. The molecule has 2 unspecified atom stereocenters. The Hall–Kier alpha value is -5.72. The fourth-order valence-electron chi connectivity index (χ4n) is 8.83. The number of nitrogens with zero attached hydrogens (tertiary/aromatic N) is 1. The fraction of sp³-hybridized carbons (Fsp3) is 0.217. The molecule has 260 valence electrons. The molecule has 0 saturated carbocycles. The number of nitrogens with one attached hydrogen (secondary N) is 1. The summed E-state index contributed by atoms with van der Waals surface area (Å²) in [6, 6.07) is 40.3. The van der Waals surface area contributed by atoms with E-state index in [1.807, 2.05) is 30.3 Å². The van der Waals surface area contributed by atoms with Gasteiger partial charge in [0, 0.05) is 52.8 Å². The molecule has 6 nitrogen and oxygen atoms in total. The number of phenols is 1. The lowest BCUT2D eigenvalue weighted by Gasteiger charge is -2.40. The van der Waals surface area contributed by atoms with Crippen LogP contribution >= 0.6 is 0 Å². The van der Waals surface area contributed by atoms with E-state index in [0.717, 1.165) is 69.8 Å². The maximum Gasteiger partial charge on any atom is 0.178 e. The lowest BCUT2D eigenvalue weighted by molar-refractivity contribution is 0.163.